The van der Waals surface area contributed by atoms with E-state index in [4.69, 9.17) is 0 Å². The molecule has 9 heteroatoms. The van der Waals surface area contributed by atoms with E-state index in [1.807, 2.05) is 0 Å². The minimum Gasteiger partial charge on any atom is -0.478 e. The first-order chi connectivity index (χ1) is 12.9. The van der Waals surface area contributed by atoms with E-state index >= 15 is 0 Å². The van der Waals surface area contributed by atoms with Crippen molar-refractivity contribution in [1.29, 1.82) is 0 Å². The molecule has 1 fully saturated rings. The van der Waals surface area contributed by atoms with Crippen molar-refractivity contribution in [3.8, 4) is 17.2 Å². The fraction of sp³-hybridized carbons (Fsp3) is 0.222. The van der Waals surface area contributed by atoms with Gasteiger partial charge in [0.15, 0.2) is 0 Å². The van der Waals surface area contributed by atoms with Crippen LogP contribution >= 0.6 is 0 Å². The molecule has 0 unspecified atom stereocenters. The Morgan fingerprint density at radius 1 is 1.19 bits per heavy atom. The Hall–Kier alpha value is -3.23. The Morgan fingerprint density at radius 2 is 1.93 bits per heavy atom. The summed E-state index contributed by atoms with van der Waals surface area (Å²) in [5.41, 5.74) is -0.260. The van der Waals surface area contributed by atoms with Gasteiger partial charge in [0.25, 0.3) is 5.95 Å². The molecule has 2 heterocycles. The SMILES string of the molecule is O=C(O)c1cnn(-c2nccc(-c3ccccc3C(F)(F)F)n2)c1C1CC1. The number of nitrogens with zero attached hydrogens (tertiary/aromatic N) is 4. The molecule has 0 aliphatic heterocycles. The minimum absolute atomic E-state index is 0.0355. The third-order valence-electron chi connectivity index (χ3n) is 4.34. The molecular weight excluding hydrogens is 361 g/mol. The van der Waals surface area contributed by atoms with Crippen LogP contribution in [0.4, 0.5) is 13.2 Å². The number of halogens is 3. The highest BCUT2D eigenvalue weighted by molar-refractivity contribution is 5.89. The first-order valence-electron chi connectivity index (χ1n) is 8.17. The van der Waals surface area contributed by atoms with Gasteiger partial charge < -0.3 is 5.11 Å². The fourth-order valence-electron chi connectivity index (χ4n) is 2.99. The van der Waals surface area contributed by atoms with Crippen molar-refractivity contribution in [2.45, 2.75) is 24.9 Å². The zero-order valence-electron chi connectivity index (χ0n) is 13.8. The topological polar surface area (TPSA) is 80.9 Å². The van der Waals surface area contributed by atoms with Crippen molar-refractivity contribution in [3.05, 3.63) is 59.5 Å². The monoisotopic (exact) mass is 374 g/mol. The molecule has 138 valence electrons. The van der Waals surface area contributed by atoms with Gasteiger partial charge in [0.2, 0.25) is 0 Å². The third kappa shape index (κ3) is 3.16. The molecular formula is C18H13F3N4O2. The molecule has 0 amide bonds. The van der Waals surface area contributed by atoms with E-state index in [1.54, 1.807) is 0 Å². The first-order valence-corrected chi connectivity index (χ1v) is 8.17. The van der Waals surface area contributed by atoms with Crippen LogP contribution in [-0.4, -0.2) is 30.8 Å². The number of rotatable bonds is 4. The predicted octanol–water partition coefficient (Wildman–Crippen LogP) is 3.92. The van der Waals surface area contributed by atoms with E-state index in [9.17, 15) is 23.1 Å². The number of carboxylic acid groups (broad SMARTS) is 1. The number of carbonyl (C=O) groups is 1. The molecule has 0 bridgehead atoms. The number of aromatic nitrogens is 4. The van der Waals surface area contributed by atoms with Gasteiger partial charge in [-0.15, -0.1) is 0 Å². The normalized spacial score (nSPS) is 14.3. The Bertz CT molecular complexity index is 1030. The molecule has 6 nitrogen and oxygen atoms in total. The van der Waals surface area contributed by atoms with Crippen LogP contribution in [0, 0.1) is 0 Å². The number of aromatic carboxylic acids is 1. The molecule has 27 heavy (non-hydrogen) atoms. The Balaban J connectivity index is 1.83. The van der Waals surface area contributed by atoms with Gasteiger partial charge in [0, 0.05) is 17.7 Å². The lowest BCUT2D eigenvalue weighted by Gasteiger charge is -2.13. The number of hydrogen-bond acceptors (Lipinski definition) is 4. The molecule has 1 aliphatic carbocycles. The van der Waals surface area contributed by atoms with Crippen molar-refractivity contribution >= 4 is 5.97 Å². The van der Waals surface area contributed by atoms with E-state index in [0.29, 0.717) is 5.69 Å². The van der Waals surface area contributed by atoms with E-state index < -0.39 is 17.7 Å². The fourth-order valence-corrected chi connectivity index (χ4v) is 2.99. The maximum Gasteiger partial charge on any atom is 0.417 e. The van der Waals surface area contributed by atoms with Crippen LogP contribution < -0.4 is 0 Å². The summed E-state index contributed by atoms with van der Waals surface area (Å²) in [6, 6.07) is 6.52. The van der Waals surface area contributed by atoms with E-state index in [2.05, 4.69) is 15.1 Å². The number of benzene rings is 1. The summed E-state index contributed by atoms with van der Waals surface area (Å²) in [5.74, 6) is -1.03. The highest BCUT2D eigenvalue weighted by Gasteiger charge is 2.35. The smallest absolute Gasteiger partial charge is 0.417 e. The van der Waals surface area contributed by atoms with Crippen LogP contribution in [0.1, 0.15) is 40.4 Å². The van der Waals surface area contributed by atoms with Gasteiger partial charge in [0.05, 0.1) is 23.1 Å². The molecule has 0 saturated heterocycles. The third-order valence-corrected chi connectivity index (χ3v) is 4.34. The van der Waals surface area contributed by atoms with E-state index in [0.717, 1.165) is 18.9 Å². The van der Waals surface area contributed by atoms with Crippen molar-refractivity contribution in [1.82, 2.24) is 19.7 Å². The number of alkyl halides is 3. The lowest BCUT2D eigenvalue weighted by atomic mass is 10.0. The molecule has 0 atom stereocenters. The first kappa shape index (κ1) is 17.2. The molecule has 0 radical (unpaired) electrons. The molecule has 0 spiro atoms. The lowest BCUT2D eigenvalue weighted by molar-refractivity contribution is -0.137. The van der Waals surface area contributed by atoms with Crippen LogP contribution in [0.25, 0.3) is 17.2 Å². The highest BCUT2D eigenvalue weighted by atomic mass is 19.4. The maximum atomic E-state index is 13.3. The van der Waals surface area contributed by atoms with Crippen LogP contribution in [0.3, 0.4) is 0 Å². The quantitative estimate of drug-likeness (QED) is 0.749. The van der Waals surface area contributed by atoms with Gasteiger partial charge in [-0.3, -0.25) is 0 Å². The summed E-state index contributed by atoms with van der Waals surface area (Å²) in [6.45, 7) is 0. The van der Waals surface area contributed by atoms with Crippen molar-refractivity contribution in [2.24, 2.45) is 0 Å². The molecule has 1 aromatic carbocycles. The van der Waals surface area contributed by atoms with Gasteiger partial charge >= 0.3 is 12.1 Å². The molecule has 1 N–H and O–H groups in total. The lowest BCUT2D eigenvalue weighted by Crippen LogP contribution is -2.11. The Labute approximate surface area is 151 Å². The molecule has 2 aromatic heterocycles. The zero-order chi connectivity index (χ0) is 19.2. The molecule has 1 saturated carbocycles. The molecule has 4 rings (SSSR count). The minimum atomic E-state index is -4.52. The van der Waals surface area contributed by atoms with Gasteiger partial charge in [-0.05, 0) is 25.0 Å². The van der Waals surface area contributed by atoms with Gasteiger partial charge in [0.1, 0.15) is 5.56 Å². The van der Waals surface area contributed by atoms with Gasteiger partial charge in [-0.1, -0.05) is 18.2 Å². The van der Waals surface area contributed by atoms with Crippen LogP contribution in [-0.2, 0) is 6.18 Å². The van der Waals surface area contributed by atoms with Crippen molar-refractivity contribution < 1.29 is 23.1 Å². The van der Waals surface area contributed by atoms with Crippen molar-refractivity contribution in [3.63, 3.8) is 0 Å². The number of carboxylic acids is 1. The summed E-state index contributed by atoms with van der Waals surface area (Å²) in [6.07, 6.45) is -0.326. The predicted molar refractivity (Wildman–Crippen MR) is 88.5 cm³/mol. The summed E-state index contributed by atoms with van der Waals surface area (Å²) in [7, 11) is 0. The standard InChI is InChI=1S/C18H13F3N4O2/c19-18(20,21)13-4-2-1-3-11(13)14-7-8-22-17(24-14)25-15(10-5-6-10)12(9-23-25)16(26)27/h1-4,7-10H,5-6H2,(H,26,27). The van der Waals surface area contributed by atoms with Gasteiger partial charge in [-0.25, -0.2) is 19.4 Å². The second kappa shape index (κ2) is 6.19. The Morgan fingerprint density at radius 3 is 2.59 bits per heavy atom. The van der Waals surface area contributed by atoms with E-state index in [1.165, 1.54) is 41.3 Å². The maximum absolute atomic E-state index is 13.3. The second-order valence-electron chi connectivity index (χ2n) is 6.22. The van der Waals surface area contributed by atoms with Crippen LogP contribution in [0.5, 0.6) is 0 Å². The zero-order valence-corrected chi connectivity index (χ0v) is 13.8. The number of hydrogen-bond donors (Lipinski definition) is 1. The largest absolute Gasteiger partial charge is 0.478 e. The highest BCUT2D eigenvalue weighted by Crippen LogP contribution is 2.42. The summed E-state index contributed by atoms with van der Waals surface area (Å²) >= 11 is 0. The average Bonchev–Trinajstić information content (AvgIpc) is 3.38. The average molecular weight is 374 g/mol. The second-order valence-corrected chi connectivity index (χ2v) is 6.22. The van der Waals surface area contributed by atoms with Crippen molar-refractivity contribution in [2.75, 3.05) is 0 Å². The van der Waals surface area contributed by atoms with Crippen LogP contribution in [0.2, 0.25) is 0 Å². The summed E-state index contributed by atoms with van der Waals surface area (Å²) in [5, 5.41) is 13.4. The summed E-state index contributed by atoms with van der Waals surface area (Å²) < 4.78 is 41.2. The van der Waals surface area contributed by atoms with Gasteiger partial charge in [-0.2, -0.15) is 18.3 Å². The molecule has 1 aliphatic rings. The van der Waals surface area contributed by atoms with Crippen LogP contribution in [0.15, 0.2) is 42.7 Å². The summed E-state index contributed by atoms with van der Waals surface area (Å²) in [4.78, 5) is 19.7. The molecule has 3 aromatic rings. The van der Waals surface area contributed by atoms with E-state index in [-0.39, 0.29) is 28.7 Å². The Kier molecular flexibility index (Phi) is 3.94.